The smallest absolute Gasteiger partial charge is 0.139 e. The molecule has 1 N–H and O–H groups in total. The zero-order valence-corrected chi connectivity index (χ0v) is 19.4. The summed E-state index contributed by atoms with van der Waals surface area (Å²) in [6, 6.07) is 0. The van der Waals surface area contributed by atoms with Gasteiger partial charge >= 0.3 is 0 Å². The van der Waals surface area contributed by atoms with Crippen LogP contribution in [0.5, 0.6) is 0 Å². The van der Waals surface area contributed by atoms with E-state index in [0.717, 1.165) is 76.5 Å². The lowest BCUT2D eigenvalue weighted by atomic mass is 9.63. The van der Waals surface area contributed by atoms with Crippen LogP contribution in [0.4, 0.5) is 0 Å². The molecule has 31 heavy (non-hydrogen) atoms. The minimum absolute atomic E-state index is 0.158. The van der Waals surface area contributed by atoms with Gasteiger partial charge in [0.25, 0.3) is 0 Å². The Morgan fingerprint density at radius 3 is 1.97 bits per heavy atom. The summed E-state index contributed by atoms with van der Waals surface area (Å²) >= 11 is 0. The van der Waals surface area contributed by atoms with E-state index in [0.29, 0.717) is 29.0 Å². The van der Waals surface area contributed by atoms with E-state index in [1.165, 1.54) is 25.7 Å². The Hall–Kier alpha value is -0.740. The first-order valence-electron chi connectivity index (χ1n) is 13.3. The van der Waals surface area contributed by atoms with Crippen molar-refractivity contribution in [2.24, 2.45) is 40.9 Å². The Kier molecular flexibility index (Phi) is 6.33. The molecule has 0 aromatic rings. The summed E-state index contributed by atoms with van der Waals surface area (Å²) in [7, 11) is 1.78. The number of fused-ring (bicyclic) bond motifs is 1. The first-order chi connectivity index (χ1) is 15.0. The SMILES string of the molecule is COC1CCC(C(=O)C2CCC(C(=O)C3CCC(O)CC3C34CCCC3C4)CC2)CC1. The van der Waals surface area contributed by atoms with Crippen LogP contribution >= 0.6 is 0 Å². The fraction of sp³-hybridized carbons (Fsp3) is 0.926. The monoisotopic (exact) mass is 430 g/mol. The van der Waals surface area contributed by atoms with Crippen molar-refractivity contribution >= 4 is 11.6 Å². The Balaban J connectivity index is 1.17. The number of rotatable bonds is 6. The number of ether oxygens (including phenoxy) is 1. The van der Waals surface area contributed by atoms with Crippen LogP contribution in [-0.4, -0.2) is 36.0 Å². The first-order valence-corrected chi connectivity index (χ1v) is 13.3. The molecule has 0 heterocycles. The Morgan fingerprint density at radius 1 is 0.806 bits per heavy atom. The quantitative estimate of drug-likeness (QED) is 0.636. The van der Waals surface area contributed by atoms with Crippen LogP contribution in [0.15, 0.2) is 0 Å². The average Bonchev–Trinajstić information content (AvgIpc) is 3.38. The van der Waals surface area contributed by atoms with E-state index in [9.17, 15) is 14.7 Å². The number of methoxy groups -OCH3 is 1. The van der Waals surface area contributed by atoms with Crippen LogP contribution in [-0.2, 0) is 14.3 Å². The number of carbonyl (C=O) groups is 2. The first kappa shape index (κ1) is 22.1. The zero-order chi connectivity index (χ0) is 21.6. The number of Topliss-reactive ketones (excluding diaryl/α,β-unsaturated/α-hetero) is 2. The van der Waals surface area contributed by atoms with Gasteiger partial charge in [-0.05, 0) is 107 Å². The summed E-state index contributed by atoms with van der Waals surface area (Å²) in [5.74, 6) is 2.96. The summed E-state index contributed by atoms with van der Waals surface area (Å²) in [4.78, 5) is 26.7. The van der Waals surface area contributed by atoms with Gasteiger partial charge in [0.2, 0.25) is 0 Å². The summed E-state index contributed by atoms with van der Waals surface area (Å²) in [6.45, 7) is 0. The highest BCUT2D eigenvalue weighted by Gasteiger charge is 2.63. The second-order valence-electron chi connectivity index (χ2n) is 11.8. The molecule has 0 radical (unpaired) electrons. The van der Waals surface area contributed by atoms with E-state index >= 15 is 0 Å². The van der Waals surface area contributed by atoms with Crippen LogP contribution in [0.2, 0.25) is 0 Å². The molecule has 5 rings (SSSR count). The van der Waals surface area contributed by atoms with Crippen LogP contribution in [0.1, 0.15) is 96.3 Å². The third-order valence-electron chi connectivity index (χ3n) is 10.3. The van der Waals surface area contributed by atoms with Gasteiger partial charge in [-0.25, -0.2) is 0 Å². The van der Waals surface area contributed by atoms with Crippen LogP contribution in [0, 0.1) is 40.9 Å². The minimum atomic E-state index is -0.202. The molecule has 0 saturated heterocycles. The van der Waals surface area contributed by atoms with Crippen molar-refractivity contribution in [3.8, 4) is 0 Å². The maximum Gasteiger partial charge on any atom is 0.139 e. The van der Waals surface area contributed by atoms with Crippen molar-refractivity contribution in [3.05, 3.63) is 0 Å². The zero-order valence-electron chi connectivity index (χ0n) is 19.4. The van der Waals surface area contributed by atoms with Crippen molar-refractivity contribution in [2.45, 2.75) is 109 Å². The molecule has 0 amide bonds. The second-order valence-corrected chi connectivity index (χ2v) is 11.8. The number of hydrogen-bond donors (Lipinski definition) is 1. The van der Waals surface area contributed by atoms with Crippen molar-refractivity contribution in [1.29, 1.82) is 0 Å². The third kappa shape index (κ3) is 4.16. The second kappa shape index (κ2) is 8.89. The number of aliphatic hydroxyl groups excluding tert-OH is 1. The Labute approximate surface area is 187 Å². The van der Waals surface area contributed by atoms with Crippen molar-refractivity contribution in [1.82, 2.24) is 0 Å². The van der Waals surface area contributed by atoms with E-state index < -0.39 is 0 Å². The summed E-state index contributed by atoms with van der Waals surface area (Å²) in [5.41, 5.74) is 0.399. The summed E-state index contributed by atoms with van der Waals surface area (Å²) < 4.78 is 5.46. The Morgan fingerprint density at radius 2 is 1.42 bits per heavy atom. The molecule has 4 heteroatoms. The van der Waals surface area contributed by atoms with Crippen molar-refractivity contribution < 1.29 is 19.4 Å². The molecular weight excluding hydrogens is 388 g/mol. The van der Waals surface area contributed by atoms with E-state index in [1.807, 2.05) is 0 Å². The highest BCUT2D eigenvalue weighted by Crippen LogP contribution is 2.70. The highest BCUT2D eigenvalue weighted by molar-refractivity contribution is 5.86. The summed E-state index contributed by atoms with van der Waals surface area (Å²) in [6.07, 6.45) is 15.5. The van der Waals surface area contributed by atoms with Gasteiger partial charge in [0, 0.05) is 30.8 Å². The topological polar surface area (TPSA) is 63.6 Å². The predicted octanol–water partition coefficient (Wildman–Crippen LogP) is 5.10. The number of ketones is 2. The highest BCUT2D eigenvalue weighted by atomic mass is 16.5. The predicted molar refractivity (Wildman–Crippen MR) is 119 cm³/mol. The molecule has 5 saturated carbocycles. The van der Waals surface area contributed by atoms with Crippen LogP contribution in [0.25, 0.3) is 0 Å². The van der Waals surface area contributed by atoms with E-state index in [-0.39, 0.29) is 29.8 Å². The van der Waals surface area contributed by atoms with E-state index in [4.69, 9.17) is 4.74 Å². The molecule has 174 valence electrons. The molecule has 4 nitrogen and oxygen atoms in total. The fourth-order valence-electron chi connectivity index (χ4n) is 8.42. The molecular formula is C27H42O4. The molecule has 0 aromatic carbocycles. The standard InChI is InChI=1S/C27H42O4/c1-31-22-11-8-18(9-12-22)25(29)17-4-6-19(7-5-17)26(30)23-13-10-21(28)15-24(23)27-14-2-3-20(27)16-27/h17-24,28H,2-16H2,1H3. The fourth-order valence-corrected chi connectivity index (χ4v) is 8.42. The normalized spacial score (nSPS) is 47.5. The van der Waals surface area contributed by atoms with Crippen molar-refractivity contribution in [3.63, 3.8) is 0 Å². The van der Waals surface area contributed by atoms with Gasteiger partial charge < -0.3 is 9.84 Å². The maximum absolute atomic E-state index is 13.7. The molecule has 0 aliphatic heterocycles. The van der Waals surface area contributed by atoms with E-state index in [1.54, 1.807) is 7.11 Å². The molecule has 0 bridgehead atoms. The summed E-state index contributed by atoms with van der Waals surface area (Å²) in [5, 5.41) is 10.4. The average molecular weight is 431 g/mol. The number of aliphatic hydroxyl groups is 1. The molecule has 5 atom stereocenters. The molecule has 5 aliphatic rings. The minimum Gasteiger partial charge on any atom is -0.393 e. The molecule has 0 spiro atoms. The lowest BCUT2D eigenvalue weighted by Crippen LogP contribution is -2.41. The lowest BCUT2D eigenvalue weighted by Gasteiger charge is -2.41. The molecule has 5 fully saturated rings. The number of hydrogen-bond acceptors (Lipinski definition) is 4. The maximum atomic E-state index is 13.7. The van der Waals surface area contributed by atoms with Crippen LogP contribution in [0.3, 0.4) is 0 Å². The van der Waals surface area contributed by atoms with Gasteiger partial charge in [-0.15, -0.1) is 0 Å². The van der Waals surface area contributed by atoms with Gasteiger partial charge in [0.05, 0.1) is 12.2 Å². The van der Waals surface area contributed by atoms with Gasteiger partial charge in [-0.3, -0.25) is 9.59 Å². The third-order valence-corrected chi connectivity index (χ3v) is 10.3. The molecule has 5 aliphatic carbocycles. The van der Waals surface area contributed by atoms with Gasteiger partial charge in [-0.1, -0.05) is 6.42 Å². The van der Waals surface area contributed by atoms with Gasteiger partial charge in [0.15, 0.2) is 0 Å². The van der Waals surface area contributed by atoms with Crippen molar-refractivity contribution in [2.75, 3.05) is 7.11 Å². The van der Waals surface area contributed by atoms with E-state index in [2.05, 4.69) is 0 Å². The molecule has 0 aromatic heterocycles. The van der Waals surface area contributed by atoms with Gasteiger partial charge in [-0.2, -0.15) is 0 Å². The lowest BCUT2D eigenvalue weighted by molar-refractivity contribution is -0.136. The number of carbonyl (C=O) groups excluding carboxylic acids is 2. The molecule has 5 unspecified atom stereocenters. The van der Waals surface area contributed by atoms with Gasteiger partial charge in [0.1, 0.15) is 11.6 Å². The largest absolute Gasteiger partial charge is 0.393 e. The van der Waals surface area contributed by atoms with Crippen LogP contribution < -0.4 is 0 Å². The Bertz CT molecular complexity index is 673.